The zero-order valence-corrected chi connectivity index (χ0v) is 12.0. The molecule has 0 aliphatic carbocycles. The Kier molecular flexibility index (Phi) is 4.57. The van der Waals surface area contributed by atoms with Crippen molar-refractivity contribution >= 4 is 17.3 Å². The number of amides is 1. The summed E-state index contributed by atoms with van der Waals surface area (Å²) in [6, 6.07) is 4.99. The number of likely N-dealkylation sites (tertiary alicyclic amines) is 1. The van der Waals surface area contributed by atoms with Crippen LogP contribution in [0.15, 0.2) is 30.9 Å². The number of nitro groups is 1. The molecule has 112 valence electrons. The molecular weight excluding hydrogens is 270 g/mol. The smallest absolute Gasteiger partial charge is 0.292 e. The normalized spacial score (nSPS) is 17.9. The average Bonchev–Trinajstić information content (AvgIpc) is 2.79. The Morgan fingerprint density at radius 2 is 2.33 bits per heavy atom. The van der Waals surface area contributed by atoms with Crippen LogP contribution in [0.25, 0.3) is 0 Å². The molecule has 0 saturated carbocycles. The monoisotopic (exact) mass is 289 g/mol. The highest BCUT2D eigenvalue weighted by Gasteiger charge is 2.31. The summed E-state index contributed by atoms with van der Waals surface area (Å²) in [6.45, 7) is 4.90. The first-order valence-electron chi connectivity index (χ1n) is 6.92. The van der Waals surface area contributed by atoms with Crippen LogP contribution in [0.5, 0.6) is 0 Å². The predicted octanol–water partition coefficient (Wildman–Crippen LogP) is 2.53. The second-order valence-electron chi connectivity index (χ2n) is 5.14. The summed E-state index contributed by atoms with van der Waals surface area (Å²) in [5.41, 5.74) is 1.20. The van der Waals surface area contributed by atoms with Gasteiger partial charge in [0.15, 0.2) is 0 Å². The maximum Gasteiger partial charge on any atom is 0.292 e. The maximum atomic E-state index is 12.0. The fourth-order valence-electron chi connectivity index (χ4n) is 2.51. The number of anilines is 1. The van der Waals surface area contributed by atoms with Gasteiger partial charge in [0.25, 0.3) is 5.69 Å². The minimum Gasteiger partial charge on any atom is -0.379 e. The maximum absolute atomic E-state index is 12.0. The third kappa shape index (κ3) is 3.21. The van der Waals surface area contributed by atoms with Crippen LogP contribution in [0.1, 0.15) is 24.3 Å². The summed E-state index contributed by atoms with van der Waals surface area (Å²) in [5.74, 6) is -0.243. The molecule has 0 spiro atoms. The molecule has 2 rings (SSSR count). The summed E-state index contributed by atoms with van der Waals surface area (Å²) >= 11 is 0. The minimum atomic E-state index is -0.414. The fraction of sp³-hybridized carbons (Fsp3) is 0.400. The molecule has 0 aromatic heterocycles. The standard InChI is InChI=1S/C15H19N3O3/c1-3-4-8-16-13-6-5-11(10-14(13)18(20)21)12-7-9-17(2)15(12)19/h3,5-6,10,12,16H,1,4,7-9H2,2H3. The van der Waals surface area contributed by atoms with E-state index in [2.05, 4.69) is 11.9 Å². The van der Waals surface area contributed by atoms with Crippen molar-refractivity contribution in [2.45, 2.75) is 18.8 Å². The molecule has 1 aliphatic heterocycles. The van der Waals surface area contributed by atoms with Crippen molar-refractivity contribution in [1.82, 2.24) is 4.90 Å². The number of rotatable bonds is 6. The Hall–Kier alpha value is -2.37. The largest absolute Gasteiger partial charge is 0.379 e. The Morgan fingerprint density at radius 1 is 1.57 bits per heavy atom. The Labute approximate surface area is 123 Å². The van der Waals surface area contributed by atoms with Gasteiger partial charge < -0.3 is 10.2 Å². The van der Waals surface area contributed by atoms with Crippen LogP contribution in [-0.2, 0) is 4.79 Å². The molecule has 1 aromatic carbocycles. The van der Waals surface area contributed by atoms with Gasteiger partial charge in [-0.05, 0) is 24.5 Å². The second kappa shape index (κ2) is 6.39. The summed E-state index contributed by atoms with van der Waals surface area (Å²) in [4.78, 5) is 24.5. The molecule has 6 heteroatoms. The van der Waals surface area contributed by atoms with Gasteiger partial charge in [-0.3, -0.25) is 14.9 Å². The zero-order valence-electron chi connectivity index (χ0n) is 12.0. The van der Waals surface area contributed by atoms with Crippen LogP contribution in [0.2, 0.25) is 0 Å². The van der Waals surface area contributed by atoms with Crippen molar-refractivity contribution in [3.8, 4) is 0 Å². The molecule has 1 unspecified atom stereocenters. The molecule has 1 aromatic rings. The summed E-state index contributed by atoms with van der Waals surface area (Å²) in [5, 5.41) is 14.2. The van der Waals surface area contributed by atoms with E-state index in [-0.39, 0.29) is 17.5 Å². The molecule has 1 N–H and O–H groups in total. The van der Waals surface area contributed by atoms with E-state index in [1.54, 1.807) is 30.2 Å². The van der Waals surface area contributed by atoms with Gasteiger partial charge in [0.05, 0.1) is 10.8 Å². The molecule has 0 bridgehead atoms. The van der Waals surface area contributed by atoms with Gasteiger partial charge in [0, 0.05) is 26.2 Å². The SMILES string of the molecule is C=CCCNc1ccc(C2CCN(C)C2=O)cc1[N+](=O)[O-]. The van der Waals surface area contributed by atoms with E-state index >= 15 is 0 Å². The zero-order chi connectivity index (χ0) is 15.4. The lowest BCUT2D eigenvalue weighted by molar-refractivity contribution is -0.384. The van der Waals surface area contributed by atoms with Crippen LogP contribution in [-0.4, -0.2) is 35.9 Å². The van der Waals surface area contributed by atoms with Crippen molar-refractivity contribution in [2.75, 3.05) is 25.5 Å². The lowest BCUT2D eigenvalue weighted by atomic mass is 9.97. The second-order valence-corrected chi connectivity index (χ2v) is 5.14. The molecule has 6 nitrogen and oxygen atoms in total. The molecule has 1 saturated heterocycles. The number of carbonyl (C=O) groups is 1. The van der Waals surface area contributed by atoms with Crippen LogP contribution in [0.4, 0.5) is 11.4 Å². The van der Waals surface area contributed by atoms with Crippen LogP contribution < -0.4 is 5.32 Å². The Balaban J connectivity index is 2.25. The first-order chi connectivity index (χ1) is 10.0. The van der Waals surface area contributed by atoms with Crippen LogP contribution in [0, 0.1) is 10.1 Å². The highest BCUT2D eigenvalue weighted by molar-refractivity contribution is 5.86. The quantitative estimate of drug-likeness (QED) is 0.378. The van der Waals surface area contributed by atoms with Gasteiger partial charge in [-0.15, -0.1) is 6.58 Å². The van der Waals surface area contributed by atoms with Gasteiger partial charge >= 0.3 is 0 Å². The summed E-state index contributed by atoms with van der Waals surface area (Å²) in [6.07, 6.45) is 3.18. The first-order valence-corrected chi connectivity index (χ1v) is 6.92. The topological polar surface area (TPSA) is 75.5 Å². The van der Waals surface area contributed by atoms with Crippen molar-refractivity contribution in [3.63, 3.8) is 0 Å². The number of benzene rings is 1. The van der Waals surface area contributed by atoms with Crippen molar-refractivity contribution < 1.29 is 9.72 Å². The third-order valence-electron chi connectivity index (χ3n) is 3.71. The average molecular weight is 289 g/mol. The molecule has 1 aliphatic rings. The molecule has 0 radical (unpaired) electrons. The summed E-state index contributed by atoms with van der Waals surface area (Å²) < 4.78 is 0. The van der Waals surface area contributed by atoms with E-state index in [1.807, 2.05) is 0 Å². The number of nitrogens with zero attached hydrogens (tertiary/aromatic N) is 2. The fourth-order valence-corrected chi connectivity index (χ4v) is 2.51. The van der Waals surface area contributed by atoms with E-state index < -0.39 is 4.92 Å². The van der Waals surface area contributed by atoms with Crippen molar-refractivity contribution in [3.05, 3.63) is 46.5 Å². The lowest BCUT2D eigenvalue weighted by Gasteiger charge is -2.12. The number of hydrogen-bond donors (Lipinski definition) is 1. The molecular formula is C15H19N3O3. The summed E-state index contributed by atoms with van der Waals surface area (Å²) in [7, 11) is 1.75. The number of likely N-dealkylation sites (N-methyl/N-ethyl adjacent to an activating group) is 1. The van der Waals surface area contributed by atoms with E-state index in [1.165, 1.54) is 6.07 Å². The molecule has 1 heterocycles. The van der Waals surface area contributed by atoms with Crippen molar-refractivity contribution in [2.24, 2.45) is 0 Å². The van der Waals surface area contributed by atoms with Crippen LogP contribution in [0.3, 0.4) is 0 Å². The highest BCUT2D eigenvalue weighted by Crippen LogP contribution is 2.33. The van der Waals surface area contributed by atoms with Gasteiger partial charge in [0.2, 0.25) is 5.91 Å². The number of nitrogens with one attached hydrogen (secondary N) is 1. The van der Waals surface area contributed by atoms with E-state index in [9.17, 15) is 14.9 Å². The lowest BCUT2D eigenvalue weighted by Crippen LogP contribution is -2.21. The molecule has 21 heavy (non-hydrogen) atoms. The van der Waals surface area contributed by atoms with Crippen molar-refractivity contribution in [1.29, 1.82) is 0 Å². The molecule has 1 fully saturated rings. The van der Waals surface area contributed by atoms with Gasteiger partial charge in [-0.25, -0.2) is 0 Å². The van der Waals surface area contributed by atoms with E-state index in [4.69, 9.17) is 0 Å². The molecule has 1 amide bonds. The van der Waals surface area contributed by atoms with Crippen LogP contribution >= 0.6 is 0 Å². The molecule has 1 atom stereocenters. The van der Waals surface area contributed by atoms with E-state index in [0.29, 0.717) is 30.8 Å². The van der Waals surface area contributed by atoms with Gasteiger partial charge in [-0.1, -0.05) is 12.1 Å². The van der Waals surface area contributed by atoms with Gasteiger partial charge in [0.1, 0.15) is 5.69 Å². The first kappa shape index (κ1) is 15.0. The Morgan fingerprint density at radius 3 is 2.90 bits per heavy atom. The minimum absolute atomic E-state index is 0.0129. The third-order valence-corrected chi connectivity index (χ3v) is 3.71. The number of nitro benzene ring substituents is 1. The Bertz CT molecular complexity index is 571. The van der Waals surface area contributed by atoms with E-state index in [0.717, 1.165) is 6.42 Å². The highest BCUT2D eigenvalue weighted by atomic mass is 16.6. The van der Waals surface area contributed by atoms with Gasteiger partial charge in [-0.2, -0.15) is 0 Å². The number of hydrogen-bond acceptors (Lipinski definition) is 4. The number of carbonyl (C=O) groups excluding carboxylic acids is 1. The predicted molar refractivity (Wildman–Crippen MR) is 81.4 cm³/mol.